The third-order valence-corrected chi connectivity index (χ3v) is 8.72. The van der Waals surface area contributed by atoms with Crippen LogP contribution < -0.4 is 4.72 Å². The molecule has 3 aromatic rings. The molecule has 1 saturated heterocycles. The number of nitrogens with zero attached hydrogens (tertiary/aromatic N) is 1. The maximum absolute atomic E-state index is 13.9. The SMILES string of the molecule is O=C(c1cccc(NS(=O)(=O)c2ccccc2F)c1)N1CC(S(=O)(=O)c2ccc(F)cc2)C1. The van der Waals surface area contributed by atoms with E-state index in [-0.39, 0.29) is 29.2 Å². The van der Waals surface area contributed by atoms with Crippen LogP contribution in [0.4, 0.5) is 14.5 Å². The van der Waals surface area contributed by atoms with Crippen molar-refractivity contribution in [3.63, 3.8) is 0 Å². The van der Waals surface area contributed by atoms with Crippen molar-refractivity contribution in [2.24, 2.45) is 0 Å². The number of halogens is 2. The van der Waals surface area contributed by atoms with Gasteiger partial charge in [-0.25, -0.2) is 25.6 Å². The number of rotatable bonds is 6. The second-order valence-electron chi connectivity index (χ2n) is 7.45. The van der Waals surface area contributed by atoms with Crippen LogP contribution >= 0.6 is 0 Å². The molecule has 0 atom stereocenters. The fourth-order valence-electron chi connectivity index (χ4n) is 3.39. The number of amides is 1. The van der Waals surface area contributed by atoms with E-state index in [1.165, 1.54) is 53.4 Å². The molecule has 0 saturated carbocycles. The number of benzene rings is 3. The third-order valence-electron chi connectivity index (χ3n) is 5.20. The van der Waals surface area contributed by atoms with Gasteiger partial charge in [0.1, 0.15) is 21.8 Å². The molecule has 1 aliphatic heterocycles. The van der Waals surface area contributed by atoms with E-state index in [1.807, 2.05) is 0 Å². The maximum Gasteiger partial charge on any atom is 0.264 e. The molecule has 1 amide bonds. The van der Waals surface area contributed by atoms with E-state index in [0.29, 0.717) is 0 Å². The summed E-state index contributed by atoms with van der Waals surface area (Å²) in [5.41, 5.74) is 0.196. The number of hydrogen-bond acceptors (Lipinski definition) is 5. The van der Waals surface area contributed by atoms with Gasteiger partial charge in [-0.15, -0.1) is 0 Å². The second-order valence-corrected chi connectivity index (χ2v) is 11.3. The summed E-state index contributed by atoms with van der Waals surface area (Å²) in [6, 6.07) is 15.0. The van der Waals surface area contributed by atoms with Gasteiger partial charge in [-0.2, -0.15) is 0 Å². The van der Waals surface area contributed by atoms with Crippen molar-refractivity contribution in [2.45, 2.75) is 15.0 Å². The summed E-state index contributed by atoms with van der Waals surface area (Å²) in [5, 5.41) is -0.824. The summed E-state index contributed by atoms with van der Waals surface area (Å²) in [6.45, 7) is -0.104. The van der Waals surface area contributed by atoms with Crippen molar-refractivity contribution >= 4 is 31.5 Å². The highest BCUT2D eigenvalue weighted by Gasteiger charge is 2.40. The van der Waals surface area contributed by atoms with Crippen molar-refractivity contribution in [1.29, 1.82) is 0 Å². The van der Waals surface area contributed by atoms with Gasteiger partial charge in [-0.3, -0.25) is 9.52 Å². The second kappa shape index (κ2) is 8.56. The highest BCUT2D eigenvalue weighted by molar-refractivity contribution is 7.92. The van der Waals surface area contributed by atoms with Crippen molar-refractivity contribution in [2.75, 3.05) is 17.8 Å². The summed E-state index contributed by atoms with van der Waals surface area (Å²) in [4.78, 5) is 13.5. The quantitative estimate of drug-likeness (QED) is 0.533. The van der Waals surface area contributed by atoms with Crippen molar-refractivity contribution in [1.82, 2.24) is 4.90 Å². The Morgan fingerprint density at radius 2 is 1.55 bits per heavy atom. The monoisotopic (exact) mass is 492 g/mol. The Morgan fingerprint density at radius 3 is 2.21 bits per heavy atom. The molecule has 1 fully saturated rings. The molecule has 7 nitrogen and oxygen atoms in total. The molecular formula is C22H18F2N2O5S2. The summed E-state index contributed by atoms with van der Waals surface area (Å²) in [7, 11) is -7.94. The van der Waals surface area contributed by atoms with E-state index in [1.54, 1.807) is 0 Å². The van der Waals surface area contributed by atoms with Crippen LogP contribution in [0.15, 0.2) is 82.6 Å². The normalized spacial score (nSPS) is 14.5. The molecule has 0 radical (unpaired) electrons. The van der Waals surface area contributed by atoms with Crippen molar-refractivity contribution < 1.29 is 30.4 Å². The first-order chi connectivity index (χ1) is 15.6. The molecule has 0 unspecified atom stereocenters. The lowest BCUT2D eigenvalue weighted by molar-refractivity contribution is 0.0659. The highest BCUT2D eigenvalue weighted by atomic mass is 32.2. The lowest BCUT2D eigenvalue weighted by Crippen LogP contribution is -2.56. The smallest absolute Gasteiger partial charge is 0.264 e. The molecule has 0 bridgehead atoms. The number of sulfonamides is 1. The summed E-state index contributed by atoms with van der Waals surface area (Å²) in [5.74, 6) is -1.94. The van der Waals surface area contributed by atoms with Gasteiger partial charge >= 0.3 is 0 Å². The van der Waals surface area contributed by atoms with Crippen LogP contribution in [0.25, 0.3) is 0 Å². The van der Waals surface area contributed by atoms with E-state index >= 15 is 0 Å². The minimum absolute atomic E-state index is 0.0226. The van der Waals surface area contributed by atoms with Gasteiger partial charge in [0.05, 0.1) is 4.90 Å². The predicted octanol–water partition coefficient (Wildman–Crippen LogP) is 3.06. The van der Waals surface area contributed by atoms with Crippen LogP contribution in [0.5, 0.6) is 0 Å². The van der Waals surface area contributed by atoms with Crippen LogP contribution in [0, 0.1) is 11.6 Å². The zero-order chi connectivity index (χ0) is 23.8. The largest absolute Gasteiger partial charge is 0.336 e. The summed E-state index contributed by atoms with van der Waals surface area (Å²) in [6.07, 6.45) is 0. The Kier molecular flexibility index (Phi) is 5.93. The maximum atomic E-state index is 13.9. The Labute approximate surface area is 189 Å². The van der Waals surface area contributed by atoms with Crippen LogP contribution in [-0.2, 0) is 19.9 Å². The van der Waals surface area contributed by atoms with Crippen LogP contribution in [-0.4, -0.2) is 46.0 Å². The van der Waals surface area contributed by atoms with E-state index in [4.69, 9.17) is 0 Å². The molecule has 0 spiro atoms. The molecule has 1 heterocycles. The molecule has 4 rings (SSSR count). The van der Waals surface area contributed by atoms with E-state index < -0.39 is 47.5 Å². The molecule has 0 aliphatic carbocycles. The number of sulfone groups is 1. The first kappa shape index (κ1) is 22.9. The Balaban J connectivity index is 1.46. The van der Waals surface area contributed by atoms with Gasteiger partial charge in [0.25, 0.3) is 15.9 Å². The minimum Gasteiger partial charge on any atom is -0.336 e. The number of carbonyl (C=O) groups excluding carboxylic acids is 1. The molecular weight excluding hydrogens is 474 g/mol. The molecule has 172 valence electrons. The molecule has 11 heteroatoms. The van der Waals surface area contributed by atoms with Crippen LogP contribution in [0.3, 0.4) is 0 Å². The van der Waals surface area contributed by atoms with Gasteiger partial charge in [0.15, 0.2) is 9.84 Å². The average molecular weight is 493 g/mol. The molecule has 1 aliphatic rings. The van der Waals surface area contributed by atoms with Crippen LogP contribution in [0.1, 0.15) is 10.4 Å². The minimum atomic E-state index is -4.22. The van der Waals surface area contributed by atoms with Gasteiger partial charge in [0, 0.05) is 24.3 Å². The Bertz CT molecular complexity index is 1420. The van der Waals surface area contributed by atoms with Gasteiger partial charge in [-0.1, -0.05) is 18.2 Å². The number of nitrogens with one attached hydrogen (secondary N) is 1. The zero-order valence-electron chi connectivity index (χ0n) is 17.0. The zero-order valence-corrected chi connectivity index (χ0v) is 18.6. The third kappa shape index (κ3) is 4.60. The van der Waals surface area contributed by atoms with Crippen molar-refractivity contribution in [3.8, 4) is 0 Å². The molecule has 1 N–H and O–H groups in total. The Morgan fingerprint density at radius 1 is 0.879 bits per heavy atom. The van der Waals surface area contributed by atoms with E-state index in [2.05, 4.69) is 4.72 Å². The summed E-state index contributed by atoms with van der Waals surface area (Å²) >= 11 is 0. The highest BCUT2D eigenvalue weighted by Crippen LogP contribution is 2.26. The standard InChI is InChI=1S/C22H18F2N2O5S2/c23-16-8-10-18(11-9-16)32(28,29)19-13-26(14-19)22(27)15-4-3-5-17(12-15)25-33(30,31)21-7-2-1-6-20(21)24/h1-12,19,25H,13-14H2. The topological polar surface area (TPSA) is 101 Å². The number of likely N-dealkylation sites (tertiary alicyclic amines) is 1. The van der Waals surface area contributed by atoms with Gasteiger partial charge in [-0.05, 0) is 54.6 Å². The summed E-state index contributed by atoms with van der Waals surface area (Å²) < 4.78 is 79.4. The number of anilines is 1. The lowest BCUT2D eigenvalue weighted by atomic mass is 10.1. The fourth-order valence-corrected chi connectivity index (χ4v) is 6.17. The molecule has 33 heavy (non-hydrogen) atoms. The predicted molar refractivity (Wildman–Crippen MR) is 117 cm³/mol. The van der Waals surface area contributed by atoms with E-state index in [9.17, 15) is 30.4 Å². The number of hydrogen-bond donors (Lipinski definition) is 1. The number of carbonyl (C=O) groups is 1. The van der Waals surface area contributed by atoms with Crippen LogP contribution in [0.2, 0.25) is 0 Å². The van der Waals surface area contributed by atoms with E-state index in [0.717, 1.165) is 24.3 Å². The average Bonchev–Trinajstić information content (AvgIpc) is 2.73. The van der Waals surface area contributed by atoms with Gasteiger partial charge < -0.3 is 4.90 Å². The van der Waals surface area contributed by atoms with Gasteiger partial charge in [0.2, 0.25) is 0 Å². The van der Waals surface area contributed by atoms with Crippen molar-refractivity contribution in [3.05, 3.63) is 90.0 Å². The molecule has 3 aromatic carbocycles. The Hall–Kier alpha value is -3.31. The fraction of sp³-hybridized carbons (Fsp3) is 0.136. The molecule has 0 aromatic heterocycles. The lowest BCUT2D eigenvalue weighted by Gasteiger charge is -2.38. The first-order valence-electron chi connectivity index (χ1n) is 9.74. The first-order valence-corrected chi connectivity index (χ1v) is 12.8.